The van der Waals surface area contributed by atoms with Crippen LogP contribution in [0.25, 0.3) is 0 Å². The molecule has 4 nitrogen and oxygen atoms in total. The Labute approximate surface area is 123 Å². The van der Waals surface area contributed by atoms with Crippen molar-refractivity contribution in [2.75, 3.05) is 6.61 Å². The van der Waals surface area contributed by atoms with E-state index in [9.17, 15) is 4.79 Å². The Hall–Kier alpha value is -0.610. The van der Waals surface area contributed by atoms with Gasteiger partial charge in [0.15, 0.2) is 0 Å². The highest BCUT2D eigenvalue weighted by Gasteiger charge is 2.44. The van der Waals surface area contributed by atoms with E-state index in [1.807, 2.05) is 0 Å². The molecule has 0 saturated carbocycles. The average molecular weight is 282 g/mol. The Morgan fingerprint density at radius 3 is 2.80 bits per heavy atom. The molecule has 2 aliphatic rings. The molecule has 2 heterocycles. The zero-order valence-corrected chi connectivity index (χ0v) is 13.4. The van der Waals surface area contributed by atoms with Crippen LogP contribution in [0.5, 0.6) is 0 Å². The van der Waals surface area contributed by atoms with Crippen LogP contribution in [0, 0.1) is 5.92 Å². The first-order valence-electron chi connectivity index (χ1n) is 8.28. The van der Waals surface area contributed by atoms with Gasteiger partial charge in [-0.2, -0.15) is 0 Å². The molecule has 0 aromatic rings. The van der Waals surface area contributed by atoms with Gasteiger partial charge in [0.25, 0.3) is 0 Å². The van der Waals surface area contributed by atoms with Gasteiger partial charge < -0.3 is 9.64 Å². The maximum atomic E-state index is 12.8. The molecule has 5 atom stereocenters. The highest BCUT2D eigenvalue weighted by molar-refractivity contribution is 5.85. The fourth-order valence-corrected chi connectivity index (χ4v) is 3.47. The van der Waals surface area contributed by atoms with Gasteiger partial charge in [0.1, 0.15) is 0 Å². The second-order valence-corrected chi connectivity index (χ2v) is 6.44. The van der Waals surface area contributed by atoms with Crippen LogP contribution in [0.15, 0.2) is 0 Å². The highest BCUT2D eigenvalue weighted by atomic mass is 16.5. The molecular formula is C16H30N2O2. The van der Waals surface area contributed by atoms with Crippen LogP contribution in [-0.2, 0) is 9.53 Å². The monoisotopic (exact) mass is 282 g/mol. The molecule has 116 valence electrons. The molecule has 0 aromatic carbocycles. The number of carbonyl (C=O) groups excluding carboxylic acids is 1. The normalized spacial score (nSPS) is 36.4. The summed E-state index contributed by atoms with van der Waals surface area (Å²) in [6.07, 6.45) is 5.64. The molecule has 2 saturated heterocycles. The lowest BCUT2D eigenvalue weighted by molar-refractivity contribution is -0.136. The van der Waals surface area contributed by atoms with E-state index in [0.717, 1.165) is 38.7 Å². The minimum absolute atomic E-state index is 0.00898. The van der Waals surface area contributed by atoms with Crippen molar-refractivity contribution in [1.82, 2.24) is 10.2 Å². The number of nitrogens with one attached hydrogen (secondary N) is 1. The fourth-order valence-electron chi connectivity index (χ4n) is 3.47. The number of hydrogen-bond donors (Lipinski definition) is 1. The minimum Gasteiger partial charge on any atom is -0.378 e. The average Bonchev–Trinajstić information content (AvgIpc) is 2.75. The van der Waals surface area contributed by atoms with Gasteiger partial charge in [0, 0.05) is 12.6 Å². The third-order valence-electron chi connectivity index (χ3n) is 4.85. The summed E-state index contributed by atoms with van der Waals surface area (Å²) >= 11 is 0. The van der Waals surface area contributed by atoms with Gasteiger partial charge in [-0.05, 0) is 32.1 Å². The van der Waals surface area contributed by atoms with Crippen LogP contribution in [0.4, 0.5) is 0 Å². The van der Waals surface area contributed by atoms with Gasteiger partial charge in [-0.15, -0.1) is 0 Å². The summed E-state index contributed by atoms with van der Waals surface area (Å²) in [5, 5.41) is 3.59. The van der Waals surface area contributed by atoms with Gasteiger partial charge in [0.05, 0.1) is 18.3 Å². The maximum absolute atomic E-state index is 12.8. The first-order chi connectivity index (χ1) is 9.58. The van der Waals surface area contributed by atoms with Crippen LogP contribution >= 0.6 is 0 Å². The molecule has 20 heavy (non-hydrogen) atoms. The summed E-state index contributed by atoms with van der Waals surface area (Å²) < 4.78 is 5.64. The third kappa shape index (κ3) is 3.17. The van der Waals surface area contributed by atoms with E-state index in [1.54, 1.807) is 0 Å². The number of ether oxygens (including phenoxy) is 1. The van der Waals surface area contributed by atoms with Crippen molar-refractivity contribution in [1.29, 1.82) is 0 Å². The predicted octanol–water partition coefficient (Wildman–Crippen LogP) is 2.53. The Kier molecular flexibility index (Phi) is 5.44. The lowest BCUT2D eigenvalue weighted by Crippen LogP contribution is -2.48. The van der Waals surface area contributed by atoms with Crippen molar-refractivity contribution in [2.24, 2.45) is 5.92 Å². The molecule has 1 amide bonds. The molecule has 0 spiro atoms. The quantitative estimate of drug-likeness (QED) is 0.842. The Morgan fingerprint density at radius 1 is 1.45 bits per heavy atom. The molecule has 0 aliphatic carbocycles. The summed E-state index contributed by atoms with van der Waals surface area (Å²) in [6.45, 7) is 9.42. The molecule has 5 unspecified atom stereocenters. The first-order valence-corrected chi connectivity index (χ1v) is 8.28. The number of amides is 1. The smallest absolute Gasteiger partial charge is 0.241 e. The van der Waals surface area contributed by atoms with Gasteiger partial charge in [-0.3, -0.25) is 10.1 Å². The first kappa shape index (κ1) is 15.8. The number of rotatable bonds is 5. The van der Waals surface area contributed by atoms with Crippen LogP contribution in [0.2, 0.25) is 0 Å². The molecule has 4 heteroatoms. The van der Waals surface area contributed by atoms with Crippen LogP contribution < -0.4 is 5.32 Å². The van der Waals surface area contributed by atoms with Crippen molar-refractivity contribution in [3.05, 3.63) is 0 Å². The maximum Gasteiger partial charge on any atom is 0.241 e. The van der Waals surface area contributed by atoms with Gasteiger partial charge in [-0.1, -0.05) is 33.6 Å². The van der Waals surface area contributed by atoms with E-state index in [4.69, 9.17) is 4.74 Å². The molecule has 2 rings (SSSR count). The summed E-state index contributed by atoms with van der Waals surface area (Å²) in [7, 11) is 0. The van der Waals surface area contributed by atoms with Gasteiger partial charge >= 0.3 is 0 Å². The van der Waals surface area contributed by atoms with E-state index in [-0.39, 0.29) is 18.3 Å². The zero-order chi connectivity index (χ0) is 14.7. The lowest BCUT2D eigenvalue weighted by atomic mass is 9.97. The fraction of sp³-hybridized carbons (Fsp3) is 0.938. The Morgan fingerprint density at radius 2 is 2.20 bits per heavy atom. The van der Waals surface area contributed by atoms with Crippen molar-refractivity contribution in [3.63, 3.8) is 0 Å². The van der Waals surface area contributed by atoms with Crippen molar-refractivity contribution >= 4 is 5.91 Å². The molecular weight excluding hydrogens is 252 g/mol. The Balaban J connectivity index is 2.12. The minimum atomic E-state index is 0.00898. The summed E-state index contributed by atoms with van der Waals surface area (Å²) in [6, 6.07) is 0.360. The number of hydrogen-bond acceptors (Lipinski definition) is 3. The molecule has 0 bridgehead atoms. The molecule has 1 N–H and O–H groups in total. The SMILES string of the molecule is CCCC1NC(C(C)CC)C(=O)N1C1CCOC(C)C1. The standard InChI is InChI=1S/C16H30N2O2/c1-5-7-14-17-15(11(3)6-2)16(19)18(14)13-8-9-20-12(4)10-13/h11-15,17H,5-10H2,1-4H3. The van der Waals surface area contributed by atoms with Crippen molar-refractivity contribution in [2.45, 2.75) is 84.2 Å². The highest BCUT2D eigenvalue weighted by Crippen LogP contribution is 2.29. The summed E-state index contributed by atoms with van der Waals surface area (Å²) in [5.41, 5.74) is 0. The second kappa shape index (κ2) is 6.90. The van der Waals surface area contributed by atoms with E-state index in [2.05, 4.69) is 37.9 Å². The molecule has 2 aliphatic heterocycles. The van der Waals surface area contributed by atoms with Crippen molar-refractivity contribution in [3.8, 4) is 0 Å². The Bertz CT molecular complexity index is 334. The van der Waals surface area contributed by atoms with E-state index in [0.29, 0.717) is 17.9 Å². The molecule has 0 radical (unpaired) electrons. The van der Waals surface area contributed by atoms with Crippen LogP contribution in [0.1, 0.15) is 59.8 Å². The number of nitrogens with zero attached hydrogens (tertiary/aromatic N) is 1. The van der Waals surface area contributed by atoms with E-state index in [1.165, 1.54) is 0 Å². The van der Waals surface area contributed by atoms with E-state index < -0.39 is 0 Å². The molecule has 2 fully saturated rings. The number of carbonyl (C=O) groups is 1. The second-order valence-electron chi connectivity index (χ2n) is 6.44. The van der Waals surface area contributed by atoms with Gasteiger partial charge in [-0.25, -0.2) is 0 Å². The summed E-state index contributed by atoms with van der Waals surface area (Å²) in [4.78, 5) is 15.0. The third-order valence-corrected chi connectivity index (χ3v) is 4.85. The zero-order valence-electron chi connectivity index (χ0n) is 13.4. The van der Waals surface area contributed by atoms with Crippen LogP contribution in [0.3, 0.4) is 0 Å². The summed E-state index contributed by atoms with van der Waals surface area (Å²) in [5.74, 6) is 0.723. The largest absolute Gasteiger partial charge is 0.378 e. The lowest BCUT2D eigenvalue weighted by Gasteiger charge is -2.37. The van der Waals surface area contributed by atoms with E-state index >= 15 is 0 Å². The topological polar surface area (TPSA) is 41.6 Å². The van der Waals surface area contributed by atoms with Gasteiger partial charge in [0.2, 0.25) is 5.91 Å². The van der Waals surface area contributed by atoms with Crippen molar-refractivity contribution < 1.29 is 9.53 Å². The predicted molar refractivity (Wildman–Crippen MR) is 80.4 cm³/mol. The van der Waals surface area contributed by atoms with Crippen LogP contribution in [-0.4, -0.2) is 41.8 Å². The molecule has 0 aromatic heterocycles.